The standard InChI is InChI=1S/C25H22N4O/c30-25(22-11-10-19-6-4-5-9-21(19)16-22)29-14-12-28(13-15-29)24-17-23(26-18-27-24)20-7-2-1-3-8-20/h1-11,16-18H,12-15H2. The fraction of sp³-hybridized carbons (Fsp3) is 0.160. The molecular weight excluding hydrogens is 372 g/mol. The smallest absolute Gasteiger partial charge is 0.253 e. The number of hydrogen-bond donors (Lipinski definition) is 0. The average Bonchev–Trinajstić information content (AvgIpc) is 2.84. The van der Waals surface area contributed by atoms with E-state index in [1.807, 2.05) is 77.7 Å². The van der Waals surface area contributed by atoms with E-state index >= 15 is 0 Å². The second kappa shape index (κ2) is 7.95. The molecule has 5 nitrogen and oxygen atoms in total. The van der Waals surface area contributed by atoms with Crippen molar-refractivity contribution in [1.82, 2.24) is 14.9 Å². The van der Waals surface area contributed by atoms with E-state index in [9.17, 15) is 4.79 Å². The van der Waals surface area contributed by atoms with Gasteiger partial charge in [0.2, 0.25) is 0 Å². The van der Waals surface area contributed by atoms with Crippen molar-refractivity contribution < 1.29 is 4.79 Å². The molecule has 1 aromatic heterocycles. The van der Waals surface area contributed by atoms with Gasteiger partial charge < -0.3 is 9.80 Å². The van der Waals surface area contributed by atoms with E-state index < -0.39 is 0 Å². The maximum Gasteiger partial charge on any atom is 0.253 e. The monoisotopic (exact) mass is 394 g/mol. The van der Waals surface area contributed by atoms with Gasteiger partial charge in [0, 0.05) is 43.4 Å². The first kappa shape index (κ1) is 18.3. The molecule has 1 saturated heterocycles. The van der Waals surface area contributed by atoms with Gasteiger partial charge in [-0.3, -0.25) is 4.79 Å². The minimum Gasteiger partial charge on any atom is -0.353 e. The van der Waals surface area contributed by atoms with Gasteiger partial charge in [-0.05, 0) is 22.9 Å². The molecule has 3 aromatic carbocycles. The summed E-state index contributed by atoms with van der Waals surface area (Å²) in [6.07, 6.45) is 1.62. The van der Waals surface area contributed by atoms with E-state index in [4.69, 9.17) is 0 Å². The van der Waals surface area contributed by atoms with Crippen LogP contribution in [0.15, 0.2) is 85.2 Å². The topological polar surface area (TPSA) is 49.3 Å². The highest BCUT2D eigenvalue weighted by atomic mass is 16.2. The fourth-order valence-corrected chi connectivity index (χ4v) is 3.93. The highest BCUT2D eigenvalue weighted by Gasteiger charge is 2.23. The van der Waals surface area contributed by atoms with Crippen LogP contribution in [-0.4, -0.2) is 47.0 Å². The van der Waals surface area contributed by atoms with Gasteiger partial charge in [0.05, 0.1) is 5.69 Å². The molecule has 0 aliphatic carbocycles. The summed E-state index contributed by atoms with van der Waals surface area (Å²) in [6, 6.07) is 26.2. The molecular formula is C25H22N4O. The molecule has 148 valence electrons. The third-order valence-corrected chi connectivity index (χ3v) is 5.61. The lowest BCUT2D eigenvalue weighted by atomic mass is 10.1. The third kappa shape index (κ3) is 3.62. The van der Waals surface area contributed by atoms with Gasteiger partial charge >= 0.3 is 0 Å². The molecule has 1 fully saturated rings. The van der Waals surface area contributed by atoms with Gasteiger partial charge in [-0.15, -0.1) is 0 Å². The van der Waals surface area contributed by atoms with Crippen molar-refractivity contribution in [2.75, 3.05) is 31.1 Å². The third-order valence-electron chi connectivity index (χ3n) is 5.61. The molecule has 5 heteroatoms. The van der Waals surface area contributed by atoms with Crippen LogP contribution in [0.5, 0.6) is 0 Å². The average molecular weight is 394 g/mol. The summed E-state index contributed by atoms with van der Waals surface area (Å²) in [4.78, 5) is 26.0. The molecule has 30 heavy (non-hydrogen) atoms. The number of aromatic nitrogens is 2. The summed E-state index contributed by atoms with van der Waals surface area (Å²) in [5.74, 6) is 0.995. The molecule has 0 spiro atoms. The quantitative estimate of drug-likeness (QED) is 0.521. The maximum absolute atomic E-state index is 13.0. The Hall–Kier alpha value is -3.73. The minimum atomic E-state index is 0.0908. The maximum atomic E-state index is 13.0. The van der Waals surface area contributed by atoms with Crippen LogP contribution in [0.3, 0.4) is 0 Å². The van der Waals surface area contributed by atoms with Crippen molar-refractivity contribution in [3.05, 3.63) is 90.8 Å². The van der Waals surface area contributed by atoms with Gasteiger partial charge in [-0.2, -0.15) is 0 Å². The van der Waals surface area contributed by atoms with Gasteiger partial charge in [0.1, 0.15) is 12.1 Å². The van der Waals surface area contributed by atoms with Crippen LogP contribution in [0.4, 0.5) is 5.82 Å². The van der Waals surface area contributed by atoms with Crippen LogP contribution >= 0.6 is 0 Å². The van der Waals surface area contributed by atoms with Crippen molar-refractivity contribution >= 4 is 22.5 Å². The molecule has 0 unspecified atom stereocenters. The summed E-state index contributed by atoms with van der Waals surface area (Å²) >= 11 is 0. The van der Waals surface area contributed by atoms with E-state index in [2.05, 4.69) is 20.9 Å². The number of amides is 1. The molecule has 4 aromatic rings. The van der Waals surface area contributed by atoms with Crippen molar-refractivity contribution in [3.8, 4) is 11.3 Å². The highest BCUT2D eigenvalue weighted by molar-refractivity contribution is 5.98. The van der Waals surface area contributed by atoms with Crippen LogP contribution in [0, 0.1) is 0 Å². The molecule has 5 rings (SSSR count). The van der Waals surface area contributed by atoms with E-state index in [1.165, 1.54) is 0 Å². The molecule has 1 amide bonds. The van der Waals surface area contributed by atoms with Crippen molar-refractivity contribution in [3.63, 3.8) is 0 Å². The first-order valence-corrected chi connectivity index (χ1v) is 10.2. The zero-order chi connectivity index (χ0) is 20.3. The Balaban J connectivity index is 1.28. The molecule has 0 atom stereocenters. The first-order chi connectivity index (χ1) is 14.8. The Labute approximate surface area is 175 Å². The van der Waals surface area contributed by atoms with E-state index in [0.29, 0.717) is 13.1 Å². The van der Waals surface area contributed by atoms with Gasteiger partial charge in [0.25, 0.3) is 5.91 Å². The molecule has 0 N–H and O–H groups in total. The highest BCUT2D eigenvalue weighted by Crippen LogP contribution is 2.22. The zero-order valence-electron chi connectivity index (χ0n) is 16.6. The lowest BCUT2D eigenvalue weighted by Gasteiger charge is -2.35. The predicted molar refractivity (Wildman–Crippen MR) is 120 cm³/mol. The molecule has 0 saturated carbocycles. The summed E-state index contributed by atoms with van der Waals surface area (Å²) in [6.45, 7) is 2.86. The van der Waals surface area contributed by atoms with Crippen LogP contribution in [0.1, 0.15) is 10.4 Å². The molecule has 0 radical (unpaired) electrons. The van der Waals surface area contributed by atoms with Crippen LogP contribution in [-0.2, 0) is 0 Å². The Morgan fingerprint density at radius 1 is 0.733 bits per heavy atom. The predicted octanol–water partition coefficient (Wildman–Crippen LogP) is 4.26. The largest absolute Gasteiger partial charge is 0.353 e. The van der Waals surface area contributed by atoms with Crippen molar-refractivity contribution in [2.45, 2.75) is 0 Å². The zero-order valence-corrected chi connectivity index (χ0v) is 16.6. The normalized spacial score (nSPS) is 14.1. The summed E-state index contributed by atoms with van der Waals surface area (Å²) in [7, 11) is 0. The van der Waals surface area contributed by atoms with Crippen molar-refractivity contribution in [1.29, 1.82) is 0 Å². The van der Waals surface area contributed by atoms with Crippen molar-refractivity contribution in [2.24, 2.45) is 0 Å². The Kier molecular flexibility index (Phi) is 4.85. The van der Waals surface area contributed by atoms with Crippen LogP contribution in [0.2, 0.25) is 0 Å². The molecule has 1 aliphatic rings. The second-order valence-corrected chi connectivity index (χ2v) is 7.47. The summed E-state index contributed by atoms with van der Waals surface area (Å²) in [5, 5.41) is 2.24. The van der Waals surface area contributed by atoms with Crippen LogP contribution in [0.25, 0.3) is 22.0 Å². The molecule has 0 bridgehead atoms. The van der Waals surface area contributed by atoms with E-state index in [-0.39, 0.29) is 5.91 Å². The molecule has 2 heterocycles. The SMILES string of the molecule is O=C(c1ccc2ccccc2c1)N1CCN(c2cc(-c3ccccc3)ncn2)CC1. The fourth-order valence-electron chi connectivity index (χ4n) is 3.93. The number of hydrogen-bond acceptors (Lipinski definition) is 4. The number of piperazine rings is 1. The number of benzene rings is 3. The summed E-state index contributed by atoms with van der Waals surface area (Å²) in [5.41, 5.74) is 2.73. The lowest BCUT2D eigenvalue weighted by molar-refractivity contribution is 0.0746. The Morgan fingerprint density at radius 2 is 1.47 bits per heavy atom. The van der Waals surface area contributed by atoms with E-state index in [0.717, 1.165) is 46.5 Å². The van der Waals surface area contributed by atoms with Gasteiger partial charge in [0.15, 0.2) is 0 Å². The Morgan fingerprint density at radius 3 is 2.27 bits per heavy atom. The number of fused-ring (bicyclic) bond motifs is 1. The second-order valence-electron chi connectivity index (χ2n) is 7.47. The first-order valence-electron chi connectivity index (χ1n) is 10.2. The number of carbonyl (C=O) groups excluding carboxylic acids is 1. The number of carbonyl (C=O) groups is 1. The van der Waals surface area contributed by atoms with Gasteiger partial charge in [-0.1, -0.05) is 60.7 Å². The van der Waals surface area contributed by atoms with E-state index in [1.54, 1.807) is 6.33 Å². The minimum absolute atomic E-state index is 0.0908. The number of anilines is 1. The number of rotatable bonds is 3. The number of nitrogens with zero attached hydrogens (tertiary/aromatic N) is 4. The lowest BCUT2D eigenvalue weighted by Crippen LogP contribution is -2.49. The van der Waals surface area contributed by atoms with Gasteiger partial charge in [-0.25, -0.2) is 9.97 Å². The Bertz CT molecular complexity index is 1180. The van der Waals surface area contributed by atoms with Crippen LogP contribution < -0.4 is 4.90 Å². The summed E-state index contributed by atoms with van der Waals surface area (Å²) < 4.78 is 0. The molecule has 1 aliphatic heterocycles.